The molecular weight excluding hydrogens is 274 g/mol. The Morgan fingerprint density at radius 2 is 2.15 bits per heavy atom. The van der Waals surface area contributed by atoms with Gasteiger partial charge < -0.3 is 15.4 Å². The summed E-state index contributed by atoms with van der Waals surface area (Å²) >= 11 is 5.96. The van der Waals surface area contributed by atoms with Crippen LogP contribution >= 0.6 is 11.6 Å². The second-order valence-electron chi connectivity index (χ2n) is 4.60. The van der Waals surface area contributed by atoms with Gasteiger partial charge in [0, 0.05) is 23.2 Å². The number of nitrogens with one attached hydrogen (secondary N) is 2. The summed E-state index contributed by atoms with van der Waals surface area (Å²) in [6, 6.07) is 5.99. The summed E-state index contributed by atoms with van der Waals surface area (Å²) in [6.45, 7) is 7.71. The molecule has 0 amide bonds. The molecule has 20 heavy (non-hydrogen) atoms. The monoisotopic (exact) mass is 297 g/mol. The second kappa shape index (κ2) is 8.69. The van der Waals surface area contributed by atoms with Crippen LogP contribution in [0.5, 0.6) is 5.75 Å². The molecule has 0 aliphatic carbocycles. The van der Waals surface area contributed by atoms with Crippen molar-refractivity contribution in [1.82, 2.24) is 10.6 Å². The SMILES string of the molecule is CCNC(=NCc1ccc(Cl)cc1OC)NC(C)CC. The zero-order valence-electron chi connectivity index (χ0n) is 12.7. The van der Waals surface area contributed by atoms with Crippen molar-refractivity contribution in [2.45, 2.75) is 39.8 Å². The average Bonchev–Trinajstić information content (AvgIpc) is 2.45. The van der Waals surface area contributed by atoms with Crippen molar-refractivity contribution < 1.29 is 4.74 Å². The molecule has 0 saturated carbocycles. The molecule has 0 aliphatic heterocycles. The highest BCUT2D eigenvalue weighted by atomic mass is 35.5. The van der Waals surface area contributed by atoms with Gasteiger partial charge in [0.15, 0.2) is 5.96 Å². The zero-order valence-corrected chi connectivity index (χ0v) is 13.4. The standard InChI is InChI=1S/C15H24ClN3O/c1-5-11(3)19-15(17-6-2)18-10-12-7-8-13(16)9-14(12)20-4/h7-9,11H,5-6,10H2,1-4H3,(H2,17,18,19). The zero-order chi connectivity index (χ0) is 15.0. The highest BCUT2D eigenvalue weighted by molar-refractivity contribution is 6.30. The Morgan fingerprint density at radius 1 is 1.40 bits per heavy atom. The first-order valence-electron chi connectivity index (χ1n) is 6.97. The molecule has 1 aromatic carbocycles. The van der Waals surface area contributed by atoms with Crippen molar-refractivity contribution in [3.8, 4) is 5.75 Å². The summed E-state index contributed by atoms with van der Waals surface area (Å²) in [6.07, 6.45) is 1.05. The van der Waals surface area contributed by atoms with Crippen molar-refractivity contribution in [3.63, 3.8) is 0 Å². The van der Waals surface area contributed by atoms with E-state index < -0.39 is 0 Å². The first kappa shape index (κ1) is 16.6. The Labute approximate surface area is 126 Å². The Kier molecular flexibility index (Phi) is 7.23. The Morgan fingerprint density at radius 3 is 2.75 bits per heavy atom. The van der Waals surface area contributed by atoms with Crippen LogP contribution in [-0.2, 0) is 6.54 Å². The highest BCUT2D eigenvalue weighted by Gasteiger charge is 2.05. The summed E-state index contributed by atoms with van der Waals surface area (Å²) in [7, 11) is 1.64. The molecule has 0 fully saturated rings. The number of methoxy groups -OCH3 is 1. The lowest BCUT2D eigenvalue weighted by atomic mass is 10.2. The minimum absolute atomic E-state index is 0.389. The predicted octanol–water partition coefficient (Wildman–Crippen LogP) is 3.20. The van der Waals surface area contributed by atoms with Crippen LogP contribution in [-0.4, -0.2) is 25.7 Å². The molecule has 0 bridgehead atoms. The first-order chi connectivity index (χ1) is 9.60. The summed E-state index contributed by atoms with van der Waals surface area (Å²) in [5.74, 6) is 1.58. The quantitative estimate of drug-likeness (QED) is 0.626. The van der Waals surface area contributed by atoms with Gasteiger partial charge in [-0.1, -0.05) is 24.6 Å². The summed E-state index contributed by atoms with van der Waals surface area (Å²) in [5, 5.41) is 7.26. The molecule has 0 spiro atoms. The normalized spacial score (nSPS) is 12.9. The molecule has 0 aliphatic rings. The lowest BCUT2D eigenvalue weighted by Crippen LogP contribution is -2.41. The minimum Gasteiger partial charge on any atom is -0.496 e. The largest absolute Gasteiger partial charge is 0.496 e. The van der Waals surface area contributed by atoms with Gasteiger partial charge in [0.2, 0.25) is 0 Å². The number of benzene rings is 1. The van der Waals surface area contributed by atoms with Gasteiger partial charge in [-0.25, -0.2) is 4.99 Å². The van der Waals surface area contributed by atoms with Gasteiger partial charge in [-0.2, -0.15) is 0 Å². The lowest BCUT2D eigenvalue weighted by Gasteiger charge is -2.16. The maximum absolute atomic E-state index is 5.96. The fourth-order valence-electron chi connectivity index (χ4n) is 1.67. The van der Waals surface area contributed by atoms with Crippen LogP contribution in [0.15, 0.2) is 23.2 Å². The fourth-order valence-corrected chi connectivity index (χ4v) is 1.83. The van der Waals surface area contributed by atoms with Crippen LogP contribution < -0.4 is 15.4 Å². The lowest BCUT2D eigenvalue weighted by molar-refractivity contribution is 0.410. The number of hydrogen-bond acceptors (Lipinski definition) is 2. The molecule has 4 nitrogen and oxygen atoms in total. The molecule has 1 rings (SSSR count). The molecule has 5 heteroatoms. The van der Waals surface area contributed by atoms with Gasteiger partial charge >= 0.3 is 0 Å². The van der Waals surface area contributed by atoms with E-state index in [2.05, 4.69) is 36.4 Å². The van der Waals surface area contributed by atoms with Gasteiger partial charge in [-0.05, 0) is 32.4 Å². The third kappa shape index (κ3) is 5.29. The van der Waals surface area contributed by atoms with Gasteiger partial charge in [0.25, 0.3) is 0 Å². The van der Waals surface area contributed by atoms with E-state index in [9.17, 15) is 0 Å². The van der Waals surface area contributed by atoms with Crippen LogP contribution in [0, 0.1) is 0 Å². The molecular formula is C15H24ClN3O. The molecule has 1 aromatic rings. The number of aliphatic imine (C=N–C) groups is 1. The average molecular weight is 298 g/mol. The molecule has 0 aromatic heterocycles. The van der Waals surface area contributed by atoms with E-state index in [4.69, 9.17) is 16.3 Å². The third-order valence-corrected chi connectivity index (χ3v) is 3.23. The van der Waals surface area contributed by atoms with Gasteiger partial charge in [0.1, 0.15) is 5.75 Å². The molecule has 0 heterocycles. The predicted molar refractivity (Wildman–Crippen MR) is 85.7 cm³/mol. The van der Waals surface area contributed by atoms with Crippen LogP contribution in [0.2, 0.25) is 5.02 Å². The maximum Gasteiger partial charge on any atom is 0.191 e. The van der Waals surface area contributed by atoms with Gasteiger partial charge in [-0.15, -0.1) is 0 Å². The third-order valence-electron chi connectivity index (χ3n) is 3.00. The number of rotatable bonds is 6. The van der Waals surface area contributed by atoms with Gasteiger partial charge in [0.05, 0.1) is 13.7 Å². The van der Waals surface area contributed by atoms with Crippen LogP contribution in [0.1, 0.15) is 32.8 Å². The van der Waals surface area contributed by atoms with E-state index in [-0.39, 0.29) is 0 Å². The van der Waals surface area contributed by atoms with Crippen LogP contribution in [0.4, 0.5) is 0 Å². The molecule has 0 radical (unpaired) electrons. The number of nitrogens with zero attached hydrogens (tertiary/aromatic N) is 1. The number of halogens is 1. The number of guanidine groups is 1. The minimum atomic E-state index is 0.389. The van der Waals surface area contributed by atoms with E-state index in [1.54, 1.807) is 13.2 Å². The van der Waals surface area contributed by atoms with E-state index in [1.165, 1.54) is 0 Å². The van der Waals surface area contributed by atoms with E-state index in [0.29, 0.717) is 17.6 Å². The highest BCUT2D eigenvalue weighted by Crippen LogP contribution is 2.23. The summed E-state index contributed by atoms with van der Waals surface area (Å²) in [5.41, 5.74) is 1.01. The Balaban J connectivity index is 2.80. The van der Waals surface area contributed by atoms with E-state index in [0.717, 1.165) is 30.2 Å². The van der Waals surface area contributed by atoms with Crippen LogP contribution in [0.25, 0.3) is 0 Å². The molecule has 1 atom stereocenters. The van der Waals surface area contributed by atoms with Crippen molar-refractivity contribution in [2.75, 3.05) is 13.7 Å². The fraction of sp³-hybridized carbons (Fsp3) is 0.533. The smallest absolute Gasteiger partial charge is 0.191 e. The topological polar surface area (TPSA) is 45.7 Å². The maximum atomic E-state index is 5.96. The van der Waals surface area contributed by atoms with E-state index >= 15 is 0 Å². The first-order valence-corrected chi connectivity index (χ1v) is 7.35. The molecule has 112 valence electrons. The molecule has 1 unspecified atom stereocenters. The van der Waals surface area contributed by atoms with Crippen molar-refractivity contribution in [3.05, 3.63) is 28.8 Å². The number of ether oxygens (including phenoxy) is 1. The second-order valence-corrected chi connectivity index (χ2v) is 5.04. The molecule has 0 saturated heterocycles. The van der Waals surface area contributed by atoms with Crippen molar-refractivity contribution in [2.24, 2.45) is 4.99 Å². The summed E-state index contributed by atoms with van der Waals surface area (Å²) in [4.78, 5) is 4.58. The summed E-state index contributed by atoms with van der Waals surface area (Å²) < 4.78 is 5.33. The van der Waals surface area contributed by atoms with Crippen molar-refractivity contribution >= 4 is 17.6 Å². The molecule has 2 N–H and O–H groups in total. The van der Waals surface area contributed by atoms with Crippen molar-refractivity contribution in [1.29, 1.82) is 0 Å². The Hall–Kier alpha value is -1.42. The Bertz CT molecular complexity index is 449. The number of hydrogen-bond donors (Lipinski definition) is 2. The van der Waals surface area contributed by atoms with Gasteiger partial charge in [-0.3, -0.25) is 0 Å². The van der Waals surface area contributed by atoms with Crippen LogP contribution in [0.3, 0.4) is 0 Å². The van der Waals surface area contributed by atoms with E-state index in [1.807, 2.05) is 12.1 Å².